The van der Waals surface area contributed by atoms with Crippen molar-refractivity contribution < 1.29 is 9.18 Å². The predicted molar refractivity (Wildman–Crippen MR) is 105 cm³/mol. The zero-order valence-corrected chi connectivity index (χ0v) is 15.9. The van der Waals surface area contributed by atoms with Crippen molar-refractivity contribution in [2.75, 3.05) is 5.32 Å². The normalized spacial score (nSPS) is 16.0. The highest BCUT2D eigenvalue weighted by Crippen LogP contribution is 2.41. The number of nitrogens with zero attached hydrogens (tertiary/aromatic N) is 2. The summed E-state index contributed by atoms with van der Waals surface area (Å²) in [4.78, 5) is 17.2. The number of nitrogens with one attached hydrogen (secondary N) is 1. The average molecular weight is 386 g/mol. The molecule has 0 saturated heterocycles. The quantitative estimate of drug-likeness (QED) is 0.625. The van der Waals surface area contributed by atoms with Crippen LogP contribution in [0.15, 0.2) is 42.6 Å². The van der Waals surface area contributed by atoms with Gasteiger partial charge >= 0.3 is 0 Å². The number of hydrogen-bond donors (Lipinski definition) is 1. The van der Waals surface area contributed by atoms with Crippen LogP contribution in [0.3, 0.4) is 0 Å². The van der Waals surface area contributed by atoms with Crippen LogP contribution in [0.4, 0.5) is 10.2 Å². The molecule has 1 saturated carbocycles. The van der Waals surface area contributed by atoms with Crippen LogP contribution < -0.4 is 5.32 Å². The zero-order valence-electron chi connectivity index (χ0n) is 15.1. The number of anilines is 1. The van der Waals surface area contributed by atoms with Gasteiger partial charge in [0.25, 0.3) is 0 Å². The molecule has 1 N–H and O–H groups in total. The lowest BCUT2D eigenvalue weighted by Gasteiger charge is -2.22. The first-order chi connectivity index (χ1) is 12.9. The van der Waals surface area contributed by atoms with Crippen molar-refractivity contribution in [3.8, 4) is 11.3 Å². The average Bonchev–Trinajstić information content (AvgIpc) is 3.17. The molecule has 1 aromatic carbocycles. The van der Waals surface area contributed by atoms with Crippen LogP contribution in [0.25, 0.3) is 16.9 Å². The van der Waals surface area contributed by atoms with Crippen molar-refractivity contribution in [2.24, 2.45) is 5.41 Å². The molecule has 1 amide bonds. The SMILES string of the molecule is CC1(CC(=O)Nc2nc3ccc(F)cn3c2-c2cccc(Cl)c2)CCCC1. The topological polar surface area (TPSA) is 46.4 Å². The molecular formula is C21H21ClFN3O. The molecule has 0 spiro atoms. The first-order valence-electron chi connectivity index (χ1n) is 9.17. The predicted octanol–water partition coefficient (Wildman–Crippen LogP) is 5.70. The molecule has 140 valence electrons. The van der Waals surface area contributed by atoms with Gasteiger partial charge in [-0.1, -0.05) is 43.5 Å². The fourth-order valence-corrected chi connectivity index (χ4v) is 4.18. The van der Waals surface area contributed by atoms with E-state index in [2.05, 4.69) is 17.2 Å². The standard InChI is InChI=1S/C21H21ClFN3O/c1-21(9-2-3-10-21)12-18(27)25-20-19(14-5-4-6-15(22)11-14)26-13-16(23)7-8-17(26)24-20/h4-8,11,13H,2-3,9-10,12H2,1H3,(H,25,27). The molecule has 0 atom stereocenters. The van der Waals surface area contributed by atoms with Crippen LogP contribution in [-0.4, -0.2) is 15.3 Å². The molecule has 27 heavy (non-hydrogen) atoms. The second-order valence-electron chi connectivity index (χ2n) is 7.64. The third-order valence-corrected chi connectivity index (χ3v) is 5.57. The molecule has 1 fully saturated rings. The number of pyridine rings is 1. The number of fused-ring (bicyclic) bond motifs is 1. The van der Waals surface area contributed by atoms with Crippen molar-refractivity contribution in [1.29, 1.82) is 0 Å². The van der Waals surface area contributed by atoms with E-state index in [-0.39, 0.29) is 17.1 Å². The Kier molecular flexibility index (Phi) is 4.64. The molecule has 3 aromatic rings. The van der Waals surface area contributed by atoms with Gasteiger partial charge in [-0.3, -0.25) is 9.20 Å². The molecular weight excluding hydrogens is 365 g/mol. The molecule has 0 aliphatic heterocycles. The summed E-state index contributed by atoms with van der Waals surface area (Å²) in [5.74, 6) is -0.0134. The molecule has 2 aromatic heterocycles. The Bertz CT molecular complexity index is 1010. The fraction of sp³-hybridized carbons (Fsp3) is 0.333. The van der Waals surface area contributed by atoms with Crippen LogP contribution in [0.1, 0.15) is 39.0 Å². The summed E-state index contributed by atoms with van der Waals surface area (Å²) in [6.45, 7) is 2.16. The summed E-state index contributed by atoms with van der Waals surface area (Å²) in [6.07, 6.45) is 6.31. The van der Waals surface area contributed by atoms with Gasteiger partial charge in [-0.05, 0) is 42.5 Å². The first-order valence-corrected chi connectivity index (χ1v) is 9.55. The van der Waals surface area contributed by atoms with Gasteiger partial charge < -0.3 is 5.32 Å². The van der Waals surface area contributed by atoms with Gasteiger partial charge in [0, 0.05) is 23.2 Å². The molecule has 0 radical (unpaired) electrons. The van der Waals surface area contributed by atoms with Gasteiger partial charge in [0.05, 0.1) is 5.69 Å². The highest BCUT2D eigenvalue weighted by Gasteiger charge is 2.31. The maximum absolute atomic E-state index is 13.8. The van der Waals surface area contributed by atoms with Crippen LogP contribution >= 0.6 is 11.6 Å². The Morgan fingerprint density at radius 3 is 2.81 bits per heavy atom. The number of imidazole rings is 1. The smallest absolute Gasteiger partial charge is 0.226 e. The second-order valence-corrected chi connectivity index (χ2v) is 8.07. The number of carbonyl (C=O) groups excluding carboxylic acids is 1. The Morgan fingerprint density at radius 1 is 1.30 bits per heavy atom. The minimum Gasteiger partial charge on any atom is -0.309 e. The number of benzene rings is 1. The van der Waals surface area contributed by atoms with Gasteiger partial charge in [-0.15, -0.1) is 0 Å². The zero-order chi connectivity index (χ0) is 19.0. The van der Waals surface area contributed by atoms with Crippen LogP contribution in [0.5, 0.6) is 0 Å². The number of amides is 1. The van der Waals surface area contributed by atoms with Crippen molar-refractivity contribution in [1.82, 2.24) is 9.38 Å². The lowest BCUT2D eigenvalue weighted by molar-refractivity contribution is -0.118. The van der Waals surface area contributed by atoms with Gasteiger partial charge in [-0.2, -0.15) is 0 Å². The van der Waals surface area contributed by atoms with E-state index in [0.717, 1.165) is 18.4 Å². The molecule has 4 nitrogen and oxygen atoms in total. The lowest BCUT2D eigenvalue weighted by atomic mass is 9.85. The maximum atomic E-state index is 13.8. The molecule has 6 heteroatoms. The number of halogens is 2. The highest BCUT2D eigenvalue weighted by molar-refractivity contribution is 6.30. The minimum absolute atomic E-state index is 0.0472. The van der Waals surface area contributed by atoms with Gasteiger partial charge in [0.2, 0.25) is 5.91 Å². The molecule has 0 unspecified atom stereocenters. The van der Waals surface area contributed by atoms with E-state index in [0.29, 0.717) is 28.6 Å². The number of rotatable bonds is 4. The van der Waals surface area contributed by atoms with E-state index in [4.69, 9.17) is 11.6 Å². The van der Waals surface area contributed by atoms with E-state index in [1.165, 1.54) is 25.1 Å². The lowest BCUT2D eigenvalue weighted by Crippen LogP contribution is -2.22. The third kappa shape index (κ3) is 3.69. The summed E-state index contributed by atoms with van der Waals surface area (Å²) in [5, 5.41) is 3.52. The Morgan fingerprint density at radius 2 is 2.07 bits per heavy atom. The van der Waals surface area contributed by atoms with E-state index >= 15 is 0 Å². The summed E-state index contributed by atoms with van der Waals surface area (Å²) in [7, 11) is 0. The molecule has 2 heterocycles. The summed E-state index contributed by atoms with van der Waals surface area (Å²) >= 11 is 6.14. The monoisotopic (exact) mass is 385 g/mol. The number of aromatic nitrogens is 2. The van der Waals surface area contributed by atoms with Crippen LogP contribution in [-0.2, 0) is 4.79 Å². The Labute approximate surface area is 162 Å². The van der Waals surface area contributed by atoms with Crippen LogP contribution in [0.2, 0.25) is 5.02 Å². The fourth-order valence-electron chi connectivity index (χ4n) is 3.99. The van der Waals surface area contributed by atoms with Crippen LogP contribution in [0, 0.1) is 11.2 Å². The summed E-state index contributed by atoms with van der Waals surface area (Å²) < 4.78 is 15.5. The second kappa shape index (κ2) is 6.97. The molecule has 1 aliphatic carbocycles. The van der Waals surface area contributed by atoms with Crippen molar-refractivity contribution in [2.45, 2.75) is 39.0 Å². The van der Waals surface area contributed by atoms with Crippen molar-refractivity contribution >= 4 is 29.0 Å². The first kappa shape index (κ1) is 18.0. The molecule has 1 aliphatic rings. The molecule has 0 bridgehead atoms. The molecule has 4 rings (SSSR count). The Balaban J connectivity index is 1.73. The number of carbonyl (C=O) groups is 1. The van der Waals surface area contributed by atoms with Crippen molar-refractivity contribution in [3.05, 3.63) is 53.4 Å². The van der Waals surface area contributed by atoms with Gasteiger partial charge in [0.15, 0.2) is 5.82 Å². The summed E-state index contributed by atoms with van der Waals surface area (Å²) in [6, 6.07) is 10.2. The van der Waals surface area contributed by atoms with E-state index < -0.39 is 0 Å². The minimum atomic E-state index is -0.375. The van der Waals surface area contributed by atoms with Gasteiger partial charge in [0.1, 0.15) is 11.5 Å². The van der Waals surface area contributed by atoms with E-state index in [1.807, 2.05) is 12.1 Å². The third-order valence-electron chi connectivity index (χ3n) is 5.34. The Hall–Kier alpha value is -2.40. The summed E-state index contributed by atoms with van der Waals surface area (Å²) in [5.41, 5.74) is 2.00. The maximum Gasteiger partial charge on any atom is 0.226 e. The highest BCUT2D eigenvalue weighted by atomic mass is 35.5. The number of hydrogen-bond acceptors (Lipinski definition) is 2. The van der Waals surface area contributed by atoms with Crippen molar-refractivity contribution in [3.63, 3.8) is 0 Å². The largest absolute Gasteiger partial charge is 0.309 e. The van der Waals surface area contributed by atoms with E-state index in [9.17, 15) is 9.18 Å². The van der Waals surface area contributed by atoms with Gasteiger partial charge in [-0.25, -0.2) is 9.37 Å². The van der Waals surface area contributed by atoms with E-state index in [1.54, 1.807) is 22.6 Å².